The van der Waals surface area contributed by atoms with Crippen LogP contribution in [0.1, 0.15) is 49.7 Å². The summed E-state index contributed by atoms with van der Waals surface area (Å²) in [5.74, 6) is 0. The van der Waals surface area contributed by atoms with Crippen molar-refractivity contribution < 1.29 is 13.2 Å². The zero-order valence-electron chi connectivity index (χ0n) is 24.1. The zero-order chi connectivity index (χ0) is 29.5. The number of amides is 2. The topological polar surface area (TPSA) is 112 Å². The number of aromatic nitrogens is 2. The molecular formula is C29H38ClN7O3S. The molecule has 5 rings (SSSR count). The van der Waals surface area contributed by atoms with E-state index in [4.69, 9.17) is 11.6 Å². The van der Waals surface area contributed by atoms with E-state index in [1.807, 2.05) is 56.8 Å². The molecule has 1 aromatic carbocycles. The fourth-order valence-corrected chi connectivity index (χ4v) is 6.83. The third-order valence-electron chi connectivity index (χ3n) is 7.66. The number of allylic oxidation sites excluding steroid dienone is 2. The highest BCUT2D eigenvalue weighted by Gasteiger charge is 2.39. The molecule has 2 aliphatic heterocycles. The third kappa shape index (κ3) is 6.38. The summed E-state index contributed by atoms with van der Waals surface area (Å²) in [6.07, 6.45) is 12.9. The van der Waals surface area contributed by atoms with Crippen LogP contribution in [0, 0.1) is 0 Å². The van der Waals surface area contributed by atoms with Gasteiger partial charge in [0.1, 0.15) is 0 Å². The summed E-state index contributed by atoms with van der Waals surface area (Å²) in [5, 5.41) is 10.4. The number of benzene rings is 1. The molecule has 12 heteroatoms. The van der Waals surface area contributed by atoms with E-state index in [1.54, 1.807) is 12.5 Å². The smallest absolute Gasteiger partial charge is 0.315 e. The molecule has 10 nitrogen and oxygen atoms in total. The monoisotopic (exact) mass is 599 g/mol. The summed E-state index contributed by atoms with van der Waals surface area (Å²) < 4.78 is 27.9. The van der Waals surface area contributed by atoms with Crippen LogP contribution >= 0.6 is 11.6 Å². The summed E-state index contributed by atoms with van der Waals surface area (Å²) in [5.41, 5.74) is 4.31. The van der Waals surface area contributed by atoms with Crippen molar-refractivity contribution in [2.75, 3.05) is 32.4 Å². The summed E-state index contributed by atoms with van der Waals surface area (Å²) in [6, 6.07) is 4.87. The van der Waals surface area contributed by atoms with Gasteiger partial charge in [0.2, 0.25) is 10.0 Å². The minimum Gasteiger partial charge on any atom is -0.382 e. The lowest BCUT2D eigenvalue weighted by Gasteiger charge is -2.42. The maximum atomic E-state index is 13.3. The zero-order valence-corrected chi connectivity index (χ0v) is 25.6. The number of urea groups is 1. The highest BCUT2D eigenvalue weighted by Crippen LogP contribution is 2.44. The Morgan fingerprint density at radius 1 is 1.20 bits per heavy atom. The molecule has 3 heterocycles. The predicted molar refractivity (Wildman–Crippen MR) is 162 cm³/mol. The number of carbonyl (C=O) groups is 1. The Bertz CT molecular complexity index is 1510. The molecule has 0 bridgehead atoms. The maximum Gasteiger partial charge on any atom is 0.315 e. The fourth-order valence-electron chi connectivity index (χ4n) is 5.83. The molecule has 1 aromatic heterocycles. The van der Waals surface area contributed by atoms with Crippen molar-refractivity contribution in [3.8, 4) is 0 Å². The van der Waals surface area contributed by atoms with Gasteiger partial charge in [-0.15, -0.1) is 0 Å². The number of nitrogens with zero attached hydrogens (tertiary/aromatic N) is 4. The molecule has 1 fully saturated rings. The molecule has 220 valence electrons. The highest BCUT2D eigenvalue weighted by atomic mass is 35.5. The Morgan fingerprint density at radius 2 is 1.93 bits per heavy atom. The maximum absolute atomic E-state index is 13.3. The van der Waals surface area contributed by atoms with Crippen molar-refractivity contribution in [1.82, 2.24) is 34.7 Å². The average Bonchev–Trinajstić information content (AvgIpc) is 3.26. The number of hydrogen-bond donors (Lipinski definition) is 3. The molecule has 3 aliphatic rings. The number of piperazine rings is 1. The predicted octanol–water partition coefficient (Wildman–Crippen LogP) is 3.34. The number of hydrogen-bond acceptors (Lipinski definition) is 6. The number of imidazole rings is 1. The summed E-state index contributed by atoms with van der Waals surface area (Å²) in [4.78, 5) is 20.0. The number of carbonyl (C=O) groups excluding carboxylic acids is 1. The largest absolute Gasteiger partial charge is 0.382 e. The molecule has 2 aromatic rings. The van der Waals surface area contributed by atoms with Crippen LogP contribution in [0.3, 0.4) is 0 Å². The number of halogens is 1. The molecule has 3 atom stereocenters. The van der Waals surface area contributed by atoms with Crippen LogP contribution < -0.4 is 16.0 Å². The summed E-state index contributed by atoms with van der Waals surface area (Å²) in [7, 11) is -1.36. The molecule has 0 saturated carbocycles. The van der Waals surface area contributed by atoms with Gasteiger partial charge in [-0.05, 0) is 67.5 Å². The van der Waals surface area contributed by atoms with E-state index in [-0.39, 0.29) is 18.1 Å². The van der Waals surface area contributed by atoms with Gasteiger partial charge in [0.15, 0.2) is 0 Å². The number of fused-ring (bicyclic) bond motifs is 2. The van der Waals surface area contributed by atoms with Crippen LogP contribution in [0.4, 0.5) is 4.79 Å². The van der Waals surface area contributed by atoms with Crippen LogP contribution in [0.15, 0.2) is 60.7 Å². The molecule has 1 aliphatic carbocycles. The van der Waals surface area contributed by atoms with Gasteiger partial charge in [-0.25, -0.2) is 18.2 Å². The molecule has 2 unspecified atom stereocenters. The normalized spacial score (nSPS) is 22.4. The summed E-state index contributed by atoms with van der Waals surface area (Å²) >= 11 is 6.63. The lowest BCUT2D eigenvalue weighted by atomic mass is 9.88. The van der Waals surface area contributed by atoms with Gasteiger partial charge < -0.3 is 20.5 Å². The van der Waals surface area contributed by atoms with Crippen LogP contribution in [0.2, 0.25) is 5.02 Å². The molecule has 0 spiro atoms. The Kier molecular flexibility index (Phi) is 8.08. The quantitative estimate of drug-likeness (QED) is 0.486. The first kappa shape index (κ1) is 29.4. The van der Waals surface area contributed by atoms with Gasteiger partial charge in [0, 0.05) is 43.8 Å². The second kappa shape index (κ2) is 11.3. The summed E-state index contributed by atoms with van der Waals surface area (Å²) in [6.45, 7) is 7.84. The van der Waals surface area contributed by atoms with Gasteiger partial charge >= 0.3 is 6.03 Å². The van der Waals surface area contributed by atoms with Gasteiger partial charge in [0.05, 0.1) is 42.6 Å². The molecular weight excluding hydrogens is 562 g/mol. The Morgan fingerprint density at radius 3 is 2.56 bits per heavy atom. The van der Waals surface area contributed by atoms with E-state index in [1.165, 1.54) is 10.6 Å². The molecule has 0 radical (unpaired) electrons. The second-order valence-corrected chi connectivity index (χ2v) is 14.3. The van der Waals surface area contributed by atoms with E-state index in [2.05, 4.69) is 44.1 Å². The minimum absolute atomic E-state index is 0.0993. The first-order chi connectivity index (χ1) is 19.3. The molecule has 1 saturated heterocycles. The lowest BCUT2D eigenvalue weighted by molar-refractivity contribution is 0.122. The first-order valence-electron chi connectivity index (χ1n) is 13.7. The molecule has 2 amide bonds. The lowest BCUT2D eigenvalue weighted by Crippen LogP contribution is -2.53. The van der Waals surface area contributed by atoms with Crippen molar-refractivity contribution in [3.63, 3.8) is 0 Å². The van der Waals surface area contributed by atoms with Gasteiger partial charge in [0.25, 0.3) is 0 Å². The third-order valence-corrected chi connectivity index (χ3v) is 9.20. The van der Waals surface area contributed by atoms with Gasteiger partial charge in [-0.3, -0.25) is 4.90 Å². The van der Waals surface area contributed by atoms with Crippen LogP contribution in [-0.4, -0.2) is 77.2 Å². The SMILES string of the molecule is Cn1cncc1C(NC(=O)NC(C)(C)C)C1=CC2=CC=CNC2[C@@H](N2CCN(S(C)(=O)=O)CC2)c2ccc(Cl)cc21. The van der Waals surface area contributed by atoms with Crippen molar-refractivity contribution in [2.24, 2.45) is 7.05 Å². The number of rotatable bonds is 5. The van der Waals surface area contributed by atoms with E-state index in [0.717, 1.165) is 28.0 Å². The van der Waals surface area contributed by atoms with Crippen LogP contribution in [-0.2, 0) is 17.1 Å². The van der Waals surface area contributed by atoms with E-state index < -0.39 is 21.6 Å². The van der Waals surface area contributed by atoms with E-state index in [9.17, 15) is 13.2 Å². The first-order valence-corrected chi connectivity index (χ1v) is 15.9. The standard InChI is InChI=1S/C29H38ClN7O3S/c1-29(2,3)34-28(38)33-26(24-17-31-18-35(24)4)23-15-19-7-6-10-32-25(19)27(21-9-8-20(30)16-22(21)23)36-11-13-37(14-12-36)41(5,39)40/h6-10,15-18,25-27,32H,11-14H2,1-5H3,(H2,33,34,38)/t25?,26?,27-/m0/s1. The van der Waals surface area contributed by atoms with E-state index >= 15 is 0 Å². The Hall–Kier alpha value is -3.12. The number of aryl methyl sites for hydroxylation is 1. The van der Waals surface area contributed by atoms with Gasteiger partial charge in [-0.2, -0.15) is 4.31 Å². The fraction of sp³-hybridized carbons (Fsp3) is 0.448. The van der Waals surface area contributed by atoms with Crippen molar-refractivity contribution in [1.29, 1.82) is 0 Å². The number of sulfonamides is 1. The van der Waals surface area contributed by atoms with Crippen LogP contribution in [0.5, 0.6) is 0 Å². The average molecular weight is 600 g/mol. The highest BCUT2D eigenvalue weighted by molar-refractivity contribution is 7.88. The molecule has 3 N–H and O–H groups in total. The van der Waals surface area contributed by atoms with E-state index in [0.29, 0.717) is 31.2 Å². The van der Waals surface area contributed by atoms with Crippen molar-refractivity contribution >= 4 is 33.2 Å². The second-order valence-electron chi connectivity index (χ2n) is 11.9. The van der Waals surface area contributed by atoms with Gasteiger partial charge in [-0.1, -0.05) is 29.8 Å². The minimum atomic E-state index is -3.26. The number of nitrogens with one attached hydrogen (secondary N) is 3. The van der Waals surface area contributed by atoms with Crippen LogP contribution in [0.25, 0.3) is 5.57 Å². The van der Waals surface area contributed by atoms with Crippen molar-refractivity contribution in [2.45, 2.75) is 44.4 Å². The Labute approximate surface area is 247 Å². The van der Waals surface area contributed by atoms with Crippen molar-refractivity contribution in [3.05, 3.63) is 82.6 Å². The molecule has 41 heavy (non-hydrogen) atoms. The Balaban J connectivity index is 1.63. The number of dihydropyridines is 1.